The van der Waals surface area contributed by atoms with E-state index in [1.807, 2.05) is 30.3 Å². The van der Waals surface area contributed by atoms with Crippen LogP contribution in [0.3, 0.4) is 0 Å². The molecule has 0 unspecified atom stereocenters. The average Bonchev–Trinajstić information content (AvgIpc) is 3.37. The maximum absolute atomic E-state index is 14.1. The molecule has 1 aliphatic rings. The number of rotatable bonds is 12. The number of hydrogen-bond acceptors (Lipinski definition) is 10. The molecule has 0 N–H and O–H groups in total. The first kappa shape index (κ1) is 34.7. The Hall–Kier alpha value is -4.58. The van der Waals surface area contributed by atoms with Crippen LogP contribution >= 0.6 is 34.5 Å². The Kier molecular flexibility index (Phi) is 11.3. The van der Waals surface area contributed by atoms with Gasteiger partial charge in [-0.15, -0.1) is 0 Å². The molecule has 5 rings (SSSR count). The van der Waals surface area contributed by atoms with E-state index in [1.54, 1.807) is 57.2 Å². The van der Waals surface area contributed by atoms with Crippen LogP contribution in [0.15, 0.2) is 81.7 Å². The summed E-state index contributed by atoms with van der Waals surface area (Å²) in [5.74, 6) is -0.223. The van der Waals surface area contributed by atoms with Crippen LogP contribution in [0.25, 0.3) is 6.08 Å². The van der Waals surface area contributed by atoms with Crippen molar-refractivity contribution in [1.29, 1.82) is 0 Å². The Morgan fingerprint density at radius 1 is 0.958 bits per heavy atom. The van der Waals surface area contributed by atoms with E-state index in [1.165, 1.54) is 11.7 Å². The summed E-state index contributed by atoms with van der Waals surface area (Å²) in [7, 11) is 1.26. The highest BCUT2D eigenvalue weighted by Crippen LogP contribution is 2.37. The number of halogens is 2. The summed E-state index contributed by atoms with van der Waals surface area (Å²) in [5, 5.41) is 0.572. The average molecular weight is 712 g/mol. The van der Waals surface area contributed by atoms with Crippen molar-refractivity contribution < 1.29 is 33.3 Å². The van der Waals surface area contributed by atoms with Gasteiger partial charge in [-0.25, -0.2) is 14.6 Å². The second-order valence-corrected chi connectivity index (χ2v) is 12.2. The number of fused-ring (bicyclic) bond motifs is 1. The number of ether oxygens (including phenoxy) is 5. The molecular formula is C35H32Cl2N2O8S. The number of esters is 2. The van der Waals surface area contributed by atoms with Crippen LogP contribution in [0.2, 0.25) is 10.0 Å². The lowest BCUT2D eigenvalue weighted by Crippen LogP contribution is -2.40. The fraction of sp³-hybridized carbons (Fsp3) is 0.257. The number of aromatic nitrogens is 1. The van der Waals surface area contributed by atoms with Gasteiger partial charge >= 0.3 is 11.9 Å². The molecule has 1 aromatic heterocycles. The Morgan fingerprint density at radius 2 is 1.69 bits per heavy atom. The molecule has 48 heavy (non-hydrogen) atoms. The van der Waals surface area contributed by atoms with Gasteiger partial charge in [0.1, 0.15) is 6.61 Å². The van der Waals surface area contributed by atoms with Crippen molar-refractivity contribution in [2.45, 2.75) is 33.4 Å². The van der Waals surface area contributed by atoms with Crippen molar-refractivity contribution in [3.05, 3.63) is 118 Å². The first-order chi connectivity index (χ1) is 23.1. The molecule has 0 saturated carbocycles. The van der Waals surface area contributed by atoms with Crippen molar-refractivity contribution in [2.24, 2.45) is 4.99 Å². The van der Waals surface area contributed by atoms with Crippen LogP contribution in [0.4, 0.5) is 0 Å². The minimum absolute atomic E-state index is 0.129. The molecule has 0 fully saturated rings. The van der Waals surface area contributed by atoms with Gasteiger partial charge in [0.15, 0.2) is 28.7 Å². The molecule has 13 heteroatoms. The predicted molar refractivity (Wildman–Crippen MR) is 183 cm³/mol. The number of benzene rings is 3. The number of hydrogen-bond donors (Lipinski definition) is 0. The minimum atomic E-state index is -0.905. The van der Waals surface area contributed by atoms with Crippen molar-refractivity contribution >= 4 is 52.6 Å². The smallest absolute Gasteiger partial charge is 0.343 e. The molecule has 1 aliphatic heterocycles. The quantitative estimate of drug-likeness (QED) is 0.174. The maximum Gasteiger partial charge on any atom is 0.343 e. The molecule has 3 aromatic carbocycles. The van der Waals surface area contributed by atoms with Gasteiger partial charge in [-0.3, -0.25) is 9.36 Å². The third-order valence-electron chi connectivity index (χ3n) is 7.22. The van der Waals surface area contributed by atoms with Crippen LogP contribution < -0.4 is 29.1 Å². The SMILES string of the molecule is CCOC(=O)C1=C(C)N=c2s/c(=C\c3cc(Cl)c(OCc4ccccc4)c(Cl)c3)c(=O)n2[C@@H]1c1ccc(OCC(=O)OC)c(OCC)c1. The first-order valence-corrected chi connectivity index (χ1v) is 16.5. The monoisotopic (exact) mass is 710 g/mol. The van der Waals surface area contributed by atoms with Crippen LogP contribution in [-0.4, -0.2) is 43.4 Å². The lowest BCUT2D eigenvalue weighted by atomic mass is 9.95. The second-order valence-electron chi connectivity index (χ2n) is 10.4. The number of carbonyl (C=O) groups excluding carboxylic acids is 2. The molecule has 1 atom stereocenters. The number of allylic oxidation sites excluding steroid dienone is 1. The minimum Gasteiger partial charge on any atom is -0.490 e. The molecule has 10 nitrogen and oxygen atoms in total. The van der Waals surface area contributed by atoms with Gasteiger partial charge in [0.25, 0.3) is 5.56 Å². The molecule has 2 heterocycles. The van der Waals surface area contributed by atoms with Crippen molar-refractivity contribution in [2.75, 3.05) is 26.9 Å². The van der Waals surface area contributed by atoms with Crippen LogP contribution in [0.1, 0.15) is 43.5 Å². The van der Waals surface area contributed by atoms with Crippen molar-refractivity contribution in [3.8, 4) is 17.2 Å². The van der Waals surface area contributed by atoms with E-state index in [2.05, 4.69) is 9.73 Å². The van der Waals surface area contributed by atoms with Gasteiger partial charge in [-0.05, 0) is 67.8 Å². The third-order valence-corrected chi connectivity index (χ3v) is 8.76. The highest BCUT2D eigenvalue weighted by Gasteiger charge is 2.34. The molecule has 0 saturated heterocycles. The Balaban J connectivity index is 1.58. The van der Waals surface area contributed by atoms with Gasteiger partial charge < -0.3 is 23.7 Å². The fourth-order valence-electron chi connectivity index (χ4n) is 5.07. The van der Waals surface area contributed by atoms with E-state index < -0.39 is 23.5 Å². The van der Waals surface area contributed by atoms with Crippen LogP contribution in [0.5, 0.6) is 17.2 Å². The predicted octanol–water partition coefficient (Wildman–Crippen LogP) is 5.63. The highest BCUT2D eigenvalue weighted by atomic mass is 35.5. The fourth-order valence-corrected chi connectivity index (χ4v) is 6.73. The van der Waals surface area contributed by atoms with E-state index in [0.717, 1.165) is 16.9 Å². The van der Waals surface area contributed by atoms with Crippen LogP contribution in [0, 0.1) is 0 Å². The first-order valence-electron chi connectivity index (χ1n) is 15.0. The summed E-state index contributed by atoms with van der Waals surface area (Å²) in [6.07, 6.45) is 1.67. The Labute approximate surface area is 290 Å². The largest absolute Gasteiger partial charge is 0.490 e. The molecular weight excluding hydrogens is 679 g/mol. The number of carbonyl (C=O) groups is 2. The molecule has 250 valence electrons. The summed E-state index contributed by atoms with van der Waals surface area (Å²) in [6.45, 7) is 5.57. The molecule has 4 aromatic rings. The molecule has 0 bridgehead atoms. The number of thiazole rings is 1. The van der Waals surface area contributed by atoms with E-state index >= 15 is 0 Å². The summed E-state index contributed by atoms with van der Waals surface area (Å²) < 4.78 is 29.2. The molecule has 0 aliphatic carbocycles. The second kappa shape index (κ2) is 15.5. The highest BCUT2D eigenvalue weighted by molar-refractivity contribution is 7.07. The summed E-state index contributed by atoms with van der Waals surface area (Å²) >= 11 is 14.3. The zero-order valence-corrected chi connectivity index (χ0v) is 28.9. The zero-order valence-electron chi connectivity index (χ0n) is 26.6. The van der Waals surface area contributed by atoms with E-state index in [-0.39, 0.29) is 35.4 Å². The summed E-state index contributed by atoms with van der Waals surface area (Å²) in [5.41, 5.74) is 2.29. The standard InChI is InChI=1S/C35H32Cl2N2O8S/c1-5-44-27-17-23(12-13-26(27)46-19-29(40)43-4)31-30(34(42)45-6-2)20(3)38-35-39(31)33(41)28(48-35)16-22-14-24(36)32(25(37)15-22)47-18-21-10-8-7-9-11-21/h7-17,31H,5-6,18-19H2,1-4H3/b28-16-/t31-/m1/s1. The Morgan fingerprint density at radius 3 is 2.35 bits per heavy atom. The summed E-state index contributed by atoms with van der Waals surface area (Å²) in [4.78, 5) is 44.2. The van der Waals surface area contributed by atoms with Crippen LogP contribution in [-0.2, 0) is 25.7 Å². The van der Waals surface area contributed by atoms with E-state index in [4.69, 9.17) is 42.1 Å². The number of methoxy groups -OCH3 is 1. The summed E-state index contributed by atoms with van der Waals surface area (Å²) in [6, 6.07) is 17.0. The normalized spacial score (nSPS) is 14.2. The zero-order chi connectivity index (χ0) is 34.4. The number of nitrogens with zero attached hydrogens (tertiary/aromatic N) is 2. The van der Waals surface area contributed by atoms with E-state index in [9.17, 15) is 14.4 Å². The maximum atomic E-state index is 14.1. The topological polar surface area (TPSA) is 115 Å². The van der Waals surface area contributed by atoms with Crippen molar-refractivity contribution in [3.63, 3.8) is 0 Å². The van der Waals surface area contributed by atoms with Gasteiger partial charge in [-0.1, -0.05) is 70.9 Å². The van der Waals surface area contributed by atoms with Gasteiger partial charge in [0.05, 0.1) is 52.2 Å². The lowest BCUT2D eigenvalue weighted by molar-refractivity contribution is -0.143. The van der Waals surface area contributed by atoms with Crippen molar-refractivity contribution in [1.82, 2.24) is 4.57 Å². The third kappa shape index (κ3) is 7.59. The molecule has 0 radical (unpaired) electrons. The van der Waals surface area contributed by atoms with Gasteiger partial charge in [0, 0.05) is 0 Å². The lowest BCUT2D eigenvalue weighted by Gasteiger charge is -2.25. The van der Waals surface area contributed by atoms with Gasteiger partial charge in [0.2, 0.25) is 0 Å². The molecule has 0 spiro atoms. The van der Waals surface area contributed by atoms with E-state index in [0.29, 0.717) is 50.0 Å². The Bertz CT molecular complexity index is 2030. The van der Waals surface area contributed by atoms with Gasteiger partial charge in [-0.2, -0.15) is 0 Å². The molecule has 0 amide bonds.